The number of carbonyl (C=O) groups excluding carboxylic acids is 1. The normalized spacial score (nSPS) is 26.1. The molecule has 2 atom stereocenters. The zero-order chi connectivity index (χ0) is 22.2. The van der Waals surface area contributed by atoms with Crippen molar-refractivity contribution >= 4 is 11.7 Å². The summed E-state index contributed by atoms with van der Waals surface area (Å²) < 4.78 is 34.6. The first-order valence-electron chi connectivity index (χ1n) is 11.4. The van der Waals surface area contributed by atoms with Gasteiger partial charge in [-0.25, -0.2) is 13.5 Å². The molecule has 2 saturated heterocycles. The van der Waals surface area contributed by atoms with Gasteiger partial charge in [-0.2, -0.15) is 5.10 Å². The molecular formula is C22H35F2N5O2. The van der Waals surface area contributed by atoms with E-state index in [0.29, 0.717) is 45.1 Å². The van der Waals surface area contributed by atoms with Gasteiger partial charge in [0.1, 0.15) is 11.9 Å². The van der Waals surface area contributed by atoms with Crippen LogP contribution in [0.3, 0.4) is 0 Å². The molecule has 0 unspecified atom stereocenters. The van der Waals surface area contributed by atoms with Gasteiger partial charge in [0.05, 0.1) is 25.5 Å². The van der Waals surface area contributed by atoms with E-state index in [4.69, 9.17) is 4.74 Å². The molecule has 9 heteroatoms. The van der Waals surface area contributed by atoms with Crippen LogP contribution in [0.15, 0.2) is 6.07 Å². The van der Waals surface area contributed by atoms with Crippen LogP contribution in [-0.4, -0.2) is 83.9 Å². The molecule has 0 aromatic carbocycles. The van der Waals surface area contributed by atoms with Crippen molar-refractivity contribution in [1.29, 1.82) is 0 Å². The summed E-state index contributed by atoms with van der Waals surface area (Å²) in [7, 11) is 0. The molecule has 174 valence electrons. The van der Waals surface area contributed by atoms with E-state index in [9.17, 15) is 13.6 Å². The molecule has 0 bridgehead atoms. The Morgan fingerprint density at radius 3 is 2.52 bits per heavy atom. The number of piperidine rings is 1. The van der Waals surface area contributed by atoms with Crippen LogP contribution in [0.2, 0.25) is 0 Å². The van der Waals surface area contributed by atoms with E-state index in [1.165, 1.54) is 4.68 Å². The van der Waals surface area contributed by atoms with Gasteiger partial charge >= 0.3 is 0 Å². The van der Waals surface area contributed by atoms with Crippen LogP contribution >= 0.6 is 0 Å². The highest BCUT2D eigenvalue weighted by Crippen LogP contribution is 2.38. The lowest BCUT2D eigenvalue weighted by Crippen LogP contribution is -2.49. The second-order valence-electron chi connectivity index (χ2n) is 10.1. The molecule has 0 aliphatic carbocycles. The molecule has 0 saturated carbocycles. The number of hydrogen-bond donors (Lipinski definition) is 1. The van der Waals surface area contributed by atoms with E-state index >= 15 is 0 Å². The van der Waals surface area contributed by atoms with Crippen LogP contribution in [0.5, 0.6) is 0 Å². The second kappa shape index (κ2) is 9.02. The first-order valence-corrected chi connectivity index (χ1v) is 11.4. The molecule has 3 aliphatic rings. The molecule has 1 amide bonds. The van der Waals surface area contributed by atoms with Gasteiger partial charge in [0.2, 0.25) is 5.91 Å². The molecule has 1 aromatic rings. The molecule has 3 aliphatic heterocycles. The number of nitrogens with zero attached hydrogens (tertiary/aromatic N) is 4. The lowest BCUT2D eigenvalue weighted by atomic mass is 9.85. The summed E-state index contributed by atoms with van der Waals surface area (Å²) in [4.78, 5) is 16.7. The number of alkyl halides is 2. The largest absolute Gasteiger partial charge is 0.379 e. The highest BCUT2D eigenvalue weighted by Gasteiger charge is 2.39. The summed E-state index contributed by atoms with van der Waals surface area (Å²) in [6.45, 7) is 10.9. The minimum atomic E-state index is -2.45. The molecule has 0 spiro atoms. The Kier molecular flexibility index (Phi) is 6.53. The smallest absolute Gasteiger partial charge is 0.260 e. The average Bonchev–Trinajstić information content (AvgIpc) is 3.18. The zero-order valence-electron chi connectivity index (χ0n) is 18.8. The van der Waals surface area contributed by atoms with Crippen LogP contribution in [0.25, 0.3) is 0 Å². The van der Waals surface area contributed by atoms with Crippen molar-refractivity contribution in [2.24, 2.45) is 5.92 Å². The van der Waals surface area contributed by atoms with Gasteiger partial charge in [-0.05, 0) is 25.2 Å². The van der Waals surface area contributed by atoms with Gasteiger partial charge in [0.15, 0.2) is 0 Å². The Labute approximate surface area is 183 Å². The second-order valence-corrected chi connectivity index (χ2v) is 10.1. The van der Waals surface area contributed by atoms with Crippen LogP contribution in [0.4, 0.5) is 14.6 Å². The number of nitrogens with one attached hydrogen (secondary N) is 1. The summed E-state index contributed by atoms with van der Waals surface area (Å²) >= 11 is 0. The van der Waals surface area contributed by atoms with Crippen LogP contribution in [-0.2, 0) is 14.9 Å². The lowest BCUT2D eigenvalue weighted by Gasteiger charge is -2.41. The number of hydrogen-bond acceptors (Lipinski definition) is 5. The fraction of sp³-hybridized carbons (Fsp3) is 0.818. The predicted molar refractivity (Wildman–Crippen MR) is 115 cm³/mol. The Bertz CT molecular complexity index is 764. The molecule has 7 nitrogen and oxygen atoms in total. The minimum Gasteiger partial charge on any atom is -0.379 e. The van der Waals surface area contributed by atoms with Gasteiger partial charge in [-0.1, -0.05) is 20.8 Å². The topological polar surface area (TPSA) is 62.6 Å². The van der Waals surface area contributed by atoms with Gasteiger partial charge in [0.25, 0.3) is 6.43 Å². The number of rotatable bonds is 4. The molecule has 4 heterocycles. The highest BCUT2D eigenvalue weighted by molar-refractivity contribution is 5.78. The van der Waals surface area contributed by atoms with Gasteiger partial charge in [0, 0.05) is 43.7 Å². The van der Waals surface area contributed by atoms with Crippen LogP contribution < -0.4 is 5.32 Å². The summed E-state index contributed by atoms with van der Waals surface area (Å²) in [5.74, 6) is 1.13. The zero-order valence-corrected chi connectivity index (χ0v) is 18.8. The standard InChI is InChI=1S/C22H35F2N5O2/c1-22(2,3)18-13-19-25-16(12-17(21(23)24)29(19)26-18)15-4-6-28(7-5-15)20(30)14-27-8-10-31-11-9-27/h13,15-17,21,25H,4-12,14H2,1-3H3/t16-,17+/m0/s1. The Hall–Kier alpha value is -1.74. The third kappa shape index (κ3) is 5.03. The molecule has 2 fully saturated rings. The summed E-state index contributed by atoms with van der Waals surface area (Å²) in [5.41, 5.74) is 0.630. The molecule has 1 N–H and O–H groups in total. The SMILES string of the molecule is CC(C)(C)c1cc2n(n1)[C@@H](C(F)F)C[C@@H](C1CCN(C(=O)CN3CCOCC3)CC1)N2. The molecule has 0 radical (unpaired) electrons. The van der Waals surface area contributed by atoms with Crippen molar-refractivity contribution in [2.75, 3.05) is 51.3 Å². The third-order valence-electron chi connectivity index (χ3n) is 6.86. The number of amides is 1. The lowest BCUT2D eigenvalue weighted by molar-refractivity contribution is -0.134. The number of likely N-dealkylation sites (tertiary alicyclic amines) is 1. The monoisotopic (exact) mass is 439 g/mol. The summed E-state index contributed by atoms with van der Waals surface area (Å²) in [6.07, 6.45) is -0.417. The molecular weight excluding hydrogens is 404 g/mol. The van der Waals surface area contributed by atoms with E-state index < -0.39 is 12.5 Å². The Morgan fingerprint density at radius 1 is 1.23 bits per heavy atom. The van der Waals surface area contributed by atoms with E-state index in [2.05, 4.69) is 15.3 Å². The predicted octanol–water partition coefficient (Wildman–Crippen LogP) is 2.74. The van der Waals surface area contributed by atoms with Gasteiger partial charge in [-0.3, -0.25) is 9.69 Å². The van der Waals surface area contributed by atoms with Crippen LogP contribution in [0, 0.1) is 5.92 Å². The van der Waals surface area contributed by atoms with Crippen molar-refractivity contribution in [3.8, 4) is 0 Å². The van der Waals surface area contributed by atoms with E-state index in [0.717, 1.165) is 31.6 Å². The number of aromatic nitrogens is 2. The Morgan fingerprint density at radius 2 is 1.90 bits per heavy atom. The molecule has 1 aromatic heterocycles. The van der Waals surface area contributed by atoms with Crippen molar-refractivity contribution in [3.63, 3.8) is 0 Å². The summed E-state index contributed by atoms with van der Waals surface area (Å²) in [5, 5.41) is 8.00. The number of halogens is 2. The number of ether oxygens (including phenoxy) is 1. The average molecular weight is 440 g/mol. The van der Waals surface area contributed by atoms with Crippen molar-refractivity contribution in [1.82, 2.24) is 19.6 Å². The Balaban J connectivity index is 1.37. The van der Waals surface area contributed by atoms with E-state index in [1.54, 1.807) is 0 Å². The van der Waals surface area contributed by atoms with E-state index in [-0.39, 0.29) is 23.3 Å². The van der Waals surface area contributed by atoms with E-state index in [1.807, 2.05) is 31.7 Å². The quantitative estimate of drug-likeness (QED) is 0.782. The first kappa shape index (κ1) is 22.5. The van der Waals surface area contributed by atoms with Gasteiger partial charge < -0.3 is 15.0 Å². The van der Waals surface area contributed by atoms with Crippen molar-refractivity contribution in [3.05, 3.63) is 11.8 Å². The number of carbonyl (C=O) groups is 1. The number of morpholine rings is 1. The van der Waals surface area contributed by atoms with Crippen molar-refractivity contribution < 1.29 is 18.3 Å². The molecule has 31 heavy (non-hydrogen) atoms. The third-order valence-corrected chi connectivity index (χ3v) is 6.86. The maximum atomic E-state index is 13.9. The van der Waals surface area contributed by atoms with Crippen LogP contribution in [0.1, 0.15) is 51.8 Å². The maximum Gasteiger partial charge on any atom is 0.260 e. The fourth-order valence-electron chi connectivity index (χ4n) is 4.85. The summed E-state index contributed by atoms with van der Waals surface area (Å²) in [6, 6.07) is 0.994. The fourth-order valence-corrected chi connectivity index (χ4v) is 4.85. The minimum absolute atomic E-state index is 0.0208. The first-order chi connectivity index (χ1) is 14.7. The number of anilines is 1. The highest BCUT2D eigenvalue weighted by atomic mass is 19.3. The molecule has 4 rings (SSSR count). The van der Waals surface area contributed by atoms with Crippen molar-refractivity contribution in [2.45, 2.75) is 64.0 Å². The van der Waals surface area contributed by atoms with Gasteiger partial charge in [-0.15, -0.1) is 0 Å². The maximum absolute atomic E-state index is 13.9. The number of fused-ring (bicyclic) bond motifs is 1.